The Morgan fingerprint density at radius 1 is 1.30 bits per heavy atom. The van der Waals surface area contributed by atoms with E-state index in [4.69, 9.17) is 0 Å². The van der Waals surface area contributed by atoms with Gasteiger partial charge in [0.15, 0.2) is 0 Å². The van der Waals surface area contributed by atoms with Crippen molar-refractivity contribution in [3.63, 3.8) is 0 Å². The maximum atomic E-state index is 13.2. The molecule has 100 valence electrons. The van der Waals surface area contributed by atoms with E-state index in [1.165, 1.54) is 18.2 Å². The lowest BCUT2D eigenvalue weighted by Gasteiger charge is -1.98. The fourth-order valence-electron chi connectivity index (χ4n) is 1.39. The van der Waals surface area contributed by atoms with Crippen LogP contribution in [0.3, 0.4) is 0 Å². The van der Waals surface area contributed by atoms with Crippen LogP contribution in [0.2, 0.25) is 0 Å². The van der Waals surface area contributed by atoms with Crippen molar-refractivity contribution in [3.8, 4) is 11.8 Å². The lowest BCUT2D eigenvalue weighted by Crippen LogP contribution is -2.26. The van der Waals surface area contributed by atoms with Gasteiger partial charge in [0.1, 0.15) is 11.5 Å². The first-order valence-corrected chi connectivity index (χ1v) is 5.74. The van der Waals surface area contributed by atoms with Gasteiger partial charge in [-0.15, -0.1) is 0 Å². The van der Waals surface area contributed by atoms with Crippen LogP contribution in [-0.2, 0) is 0 Å². The normalized spacial score (nSPS) is 9.45. The standard InChI is InChI=1S/C14H10FN3O2/c15-11-6-2-1-4-10(11)5-3-9-16-14(20)12-7-8-13(19)18-17-12/h1-2,4,6-8H,9H2,(H,16,20)(H,18,19). The molecule has 1 heterocycles. The molecule has 0 radical (unpaired) electrons. The number of amides is 1. The van der Waals surface area contributed by atoms with Crippen molar-refractivity contribution < 1.29 is 9.18 Å². The summed E-state index contributed by atoms with van der Waals surface area (Å²) in [5, 5.41) is 8.21. The Labute approximate surface area is 113 Å². The SMILES string of the molecule is O=C(NCC#Cc1ccccc1F)c1ccc(=O)[nH]n1. The predicted octanol–water partition coefficient (Wildman–Crippen LogP) is 0.691. The van der Waals surface area contributed by atoms with Crippen molar-refractivity contribution in [1.82, 2.24) is 15.5 Å². The molecule has 20 heavy (non-hydrogen) atoms. The molecule has 0 fully saturated rings. The first-order valence-electron chi connectivity index (χ1n) is 5.74. The molecule has 6 heteroatoms. The summed E-state index contributed by atoms with van der Waals surface area (Å²) in [6, 6.07) is 8.62. The van der Waals surface area contributed by atoms with Gasteiger partial charge in [0.2, 0.25) is 0 Å². The Kier molecular flexibility index (Phi) is 4.24. The van der Waals surface area contributed by atoms with Gasteiger partial charge < -0.3 is 5.32 Å². The zero-order valence-corrected chi connectivity index (χ0v) is 10.3. The van der Waals surface area contributed by atoms with Crippen molar-refractivity contribution in [2.75, 3.05) is 6.54 Å². The van der Waals surface area contributed by atoms with Gasteiger partial charge in [0.05, 0.1) is 12.1 Å². The van der Waals surface area contributed by atoms with Crippen molar-refractivity contribution in [1.29, 1.82) is 0 Å². The third kappa shape index (κ3) is 3.53. The predicted molar refractivity (Wildman–Crippen MR) is 70.5 cm³/mol. The van der Waals surface area contributed by atoms with Crippen LogP contribution in [0.1, 0.15) is 16.1 Å². The number of H-pyrrole nitrogens is 1. The molecule has 0 unspecified atom stereocenters. The quantitative estimate of drug-likeness (QED) is 0.789. The lowest BCUT2D eigenvalue weighted by atomic mass is 10.2. The van der Waals surface area contributed by atoms with Crippen LogP contribution < -0.4 is 10.9 Å². The number of halogens is 1. The van der Waals surface area contributed by atoms with Crippen LogP contribution in [0, 0.1) is 17.7 Å². The van der Waals surface area contributed by atoms with Crippen molar-refractivity contribution in [2.45, 2.75) is 0 Å². The highest BCUT2D eigenvalue weighted by Crippen LogP contribution is 2.03. The molecule has 1 aromatic heterocycles. The maximum absolute atomic E-state index is 13.2. The number of rotatable bonds is 2. The van der Waals surface area contributed by atoms with E-state index in [2.05, 4.69) is 27.4 Å². The third-order valence-corrected chi connectivity index (χ3v) is 2.35. The number of nitrogens with one attached hydrogen (secondary N) is 2. The molecular formula is C14H10FN3O2. The molecule has 5 nitrogen and oxygen atoms in total. The van der Waals surface area contributed by atoms with Crippen LogP contribution in [0.4, 0.5) is 4.39 Å². The van der Waals surface area contributed by atoms with Crippen molar-refractivity contribution >= 4 is 5.91 Å². The molecule has 2 N–H and O–H groups in total. The first kappa shape index (κ1) is 13.5. The molecule has 0 saturated heterocycles. The summed E-state index contributed by atoms with van der Waals surface area (Å²) in [5.41, 5.74) is -0.0397. The maximum Gasteiger partial charge on any atom is 0.272 e. The molecule has 0 aliphatic rings. The number of carbonyl (C=O) groups is 1. The summed E-state index contributed by atoms with van der Waals surface area (Å²) in [5.74, 6) is 4.37. The fraction of sp³-hybridized carbons (Fsp3) is 0.0714. The Balaban J connectivity index is 1.94. The van der Waals surface area contributed by atoms with E-state index < -0.39 is 11.7 Å². The number of aromatic nitrogens is 2. The molecule has 0 atom stereocenters. The average molecular weight is 271 g/mol. The van der Waals surface area contributed by atoms with E-state index >= 15 is 0 Å². The van der Waals surface area contributed by atoms with E-state index in [0.717, 1.165) is 0 Å². The minimum atomic E-state index is -0.468. The van der Waals surface area contributed by atoms with Gasteiger partial charge in [-0.1, -0.05) is 24.0 Å². The Bertz CT molecular complexity index is 723. The highest BCUT2D eigenvalue weighted by Gasteiger charge is 2.04. The molecule has 2 rings (SSSR count). The smallest absolute Gasteiger partial charge is 0.272 e. The van der Waals surface area contributed by atoms with Gasteiger partial charge in [-0.25, -0.2) is 9.49 Å². The molecule has 0 spiro atoms. The zero-order chi connectivity index (χ0) is 14.4. The van der Waals surface area contributed by atoms with Crippen LogP contribution in [-0.4, -0.2) is 22.6 Å². The second kappa shape index (κ2) is 6.29. The van der Waals surface area contributed by atoms with E-state index in [1.54, 1.807) is 18.2 Å². The summed E-state index contributed by atoms with van der Waals surface area (Å²) in [7, 11) is 0. The topological polar surface area (TPSA) is 74.8 Å². The van der Waals surface area contributed by atoms with Crippen LogP contribution in [0.15, 0.2) is 41.2 Å². The van der Waals surface area contributed by atoms with Gasteiger partial charge >= 0.3 is 0 Å². The zero-order valence-electron chi connectivity index (χ0n) is 10.3. The Morgan fingerprint density at radius 2 is 2.10 bits per heavy atom. The summed E-state index contributed by atoms with van der Waals surface area (Å²) in [6.07, 6.45) is 0. The van der Waals surface area contributed by atoms with Crippen molar-refractivity contribution in [3.05, 3.63) is 63.8 Å². The van der Waals surface area contributed by atoms with Crippen molar-refractivity contribution in [2.24, 2.45) is 0 Å². The minimum Gasteiger partial charge on any atom is -0.340 e. The fourth-order valence-corrected chi connectivity index (χ4v) is 1.39. The van der Waals surface area contributed by atoms with Crippen LogP contribution in [0.25, 0.3) is 0 Å². The van der Waals surface area contributed by atoms with Crippen LogP contribution in [0.5, 0.6) is 0 Å². The number of hydrogen-bond acceptors (Lipinski definition) is 3. The number of benzene rings is 1. The van der Waals surface area contributed by atoms with Gasteiger partial charge in [0.25, 0.3) is 11.5 Å². The Hall–Kier alpha value is -2.94. The second-order valence-corrected chi connectivity index (χ2v) is 3.77. The molecule has 1 amide bonds. The number of carbonyl (C=O) groups excluding carboxylic acids is 1. The highest BCUT2D eigenvalue weighted by atomic mass is 19.1. The average Bonchev–Trinajstić information content (AvgIpc) is 2.46. The van der Waals surface area contributed by atoms with Gasteiger partial charge in [-0.3, -0.25) is 9.59 Å². The molecule has 0 bridgehead atoms. The largest absolute Gasteiger partial charge is 0.340 e. The summed E-state index contributed by atoms with van der Waals surface area (Å²) in [6.45, 7) is 0.0496. The molecule has 0 aliphatic heterocycles. The number of nitrogens with zero attached hydrogens (tertiary/aromatic N) is 1. The summed E-state index contributed by atoms with van der Waals surface area (Å²) >= 11 is 0. The van der Waals surface area contributed by atoms with Crippen LogP contribution >= 0.6 is 0 Å². The summed E-state index contributed by atoms with van der Waals surface area (Å²) < 4.78 is 13.2. The van der Waals surface area contributed by atoms with Gasteiger partial charge in [0, 0.05) is 6.07 Å². The number of aromatic amines is 1. The molecule has 1 aromatic carbocycles. The van der Waals surface area contributed by atoms with Gasteiger partial charge in [-0.05, 0) is 18.2 Å². The first-order chi connectivity index (χ1) is 9.66. The number of hydrogen-bond donors (Lipinski definition) is 2. The highest BCUT2D eigenvalue weighted by molar-refractivity contribution is 5.92. The molecular weight excluding hydrogens is 261 g/mol. The van der Waals surface area contributed by atoms with Gasteiger partial charge in [-0.2, -0.15) is 5.10 Å². The molecule has 0 saturated carbocycles. The Morgan fingerprint density at radius 3 is 2.80 bits per heavy atom. The molecule has 2 aromatic rings. The third-order valence-electron chi connectivity index (χ3n) is 2.35. The van der Waals surface area contributed by atoms with E-state index in [-0.39, 0.29) is 23.4 Å². The van der Waals surface area contributed by atoms with E-state index in [0.29, 0.717) is 0 Å². The monoisotopic (exact) mass is 271 g/mol. The second-order valence-electron chi connectivity index (χ2n) is 3.77. The molecule has 0 aliphatic carbocycles. The van der Waals surface area contributed by atoms with E-state index in [9.17, 15) is 14.0 Å². The minimum absolute atomic E-state index is 0.0496. The lowest BCUT2D eigenvalue weighted by molar-refractivity contribution is 0.0952. The summed E-state index contributed by atoms with van der Waals surface area (Å²) in [4.78, 5) is 22.4. The van der Waals surface area contributed by atoms with E-state index in [1.807, 2.05) is 0 Å².